The van der Waals surface area contributed by atoms with Crippen LogP contribution < -0.4 is 5.32 Å². The number of nitrogens with zero attached hydrogens (tertiary/aromatic N) is 1. The monoisotopic (exact) mass is 445 g/mol. The molecule has 1 saturated heterocycles. The molecule has 0 atom stereocenters. The van der Waals surface area contributed by atoms with Crippen molar-refractivity contribution in [3.8, 4) is 11.1 Å². The Balaban J connectivity index is 1.54. The Morgan fingerprint density at radius 3 is 2.73 bits per heavy atom. The summed E-state index contributed by atoms with van der Waals surface area (Å²) >= 11 is 0. The van der Waals surface area contributed by atoms with Crippen molar-refractivity contribution in [1.29, 1.82) is 0 Å². The highest BCUT2D eigenvalue weighted by Gasteiger charge is 2.28. The first-order valence-corrected chi connectivity index (χ1v) is 10.9. The molecule has 2 aromatic carbocycles. The highest BCUT2D eigenvalue weighted by molar-refractivity contribution is 6.36. The smallest absolute Gasteiger partial charge is 0.256 e. The highest BCUT2D eigenvalue weighted by Crippen LogP contribution is 2.40. The Kier molecular flexibility index (Phi) is 5.66. The zero-order chi connectivity index (χ0) is 22.9. The number of H-pyrrole nitrogens is 1. The van der Waals surface area contributed by atoms with Gasteiger partial charge >= 0.3 is 0 Å². The van der Waals surface area contributed by atoms with Gasteiger partial charge in [-0.15, -0.1) is 0 Å². The van der Waals surface area contributed by atoms with Crippen LogP contribution in [0.3, 0.4) is 0 Å². The Labute approximate surface area is 191 Å². The number of morpholine rings is 1. The summed E-state index contributed by atoms with van der Waals surface area (Å²) in [5.41, 5.74) is 5.22. The molecule has 7 heteroatoms. The zero-order valence-corrected chi connectivity index (χ0v) is 18.3. The van der Waals surface area contributed by atoms with E-state index in [-0.39, 0.29) is 17.5 Å². The molecule has 33 heavy (non-hydrogen) atoms. The molecule has 0 aliphatic carbocycles. The number of amides is 1. The van der Waals surface area contributed by atoms with E-state index in [1.807, 2.05) is 37.3 Å². The first-order valence-electron chi connectivity index (χ1n) is 10.9. The van der Waals surface area contributed by atoms with Crippen LogP contribution in [0.1, 0.15) is 27.3 Å². The third kappa shape index (κ3) is 4.25. The maximum absolute atomic E-state index is 13.9. The van der Waals surface area contributed by atoms with Gasteiger partial charge in [0.05, 0.1) is 31.0 Å². The molecule has 2 aliphatic rings. The van der Waals surface area contributed by atoms with E-state index >= 15 is 0 Å². The average Bonchev–Trinajstić information content (AvgIpc) is 3.33. The van der Waals surface area contributed by atoms with Gasteiger partial charge < -0.3 is 15.0 Å². The number of hydrogen-bond donors (Lipinski definition) is 2. The summed E-state index contributed by atoms with van der Waals surface area (Å²) in [5, 5.41) is 2.89. The van der Waals surface area contributed by atoms with E-state index in [1.165, 1.54) is 12.1 Å². The summed E-state index contributed by atoms with van der Waals surface area (Å²) in [7, 11) is 0. The van der Waals surface area contributed by atoms with E-state index in [0.29, 0.717) is 53.4 Å². The van der Waals surface area contributed by atoms with Gasteiger partial charge in [0.25, 0.3) is 5.91 Å². The summed E-state index contributed by atoms with van der Waals surface area (Å²) in [6, 6.07) is 13.6. The SMILES string of the molecule is Cc1cc(C(=O)CN2CCOCC2)c(C=C2C(=O)Nc3cccc(-c4cccc(F)c4)c32)[nH]1. The van der Waals surface area contributed by atoms with Crippen LogP contribution in [0.5, 0.6) is 0 Å². The first kappa shape index (κ1) is 21.3. The molecular formula is C26H24FN3O3. The summed E-state index contributed by atoms with van der Waals surface area (Å²) in [4.78, 5) is 31.3. The molecule has 0 radical (unpaired) electrons. The number of aryl methyl sites for hydroxylation is 1. The summed E-state index contributed by atoms with van der Waals surface area (Å²) < 4.78 is 19.3. The number of benzene rings is 2. The lowest BCUT2D eigenvalue weighted by molar-refractivity contribution is -0.110. The molecule has 0 bridgehead atoms. The molecule has 5 rings (SSSR count). The molecule has 1 amide bonds. The fourth-order valence-corrected chi connectivity index (χ4v) is 4.43. The van der Waals surface area contributed by atoms with Crippen LogP contribution in [0.4, 0.5) is 10.1 Å². The second kappa shape index (κ2) is 8.77. The maximum Gasteiger partial charge on any atom is 0.256 e. The molecular weight excluding hydrogens is 421 g/mol. The lowest BCUT2D eigenvalue weighted by Crippen LogP contribution is -2.39. The number of carbonyl (C=O) groups excluding carboxylic acids is 2. The molecule has 3 aromatic rings. The molecule has 2 N–H and O–H groups in total. The number of hydrogen-bond acceptors (Lipinski definition) is 4. The van der Waals surface area contributed by atoms with Crippen molar-refractivity contribution in [2.45, 2.75) is 6.92 Å². The van der Waals surface area contributed by atoms with E-state index in [0.717, 1.165) is 24.3 Å². The number of ether oxygens (including phenoxy) is 1. The van der Waals surface area contributed by atoms with Gasteiger partial charge in [0.1, 0.15) is 5.82 Å². The fraction of sp³-hybridized carbons (Fsp3) is 0.231. The summed E-state index contributed by atoms with van der Waals surface area (Å²) in [6.45, 7) is 4.87. The van der Waals surface area contributed by atoms with Gasteiger partial charge in [-0.2, -0.15) is 0 Å². The van der Waals surface area contributed by atoms with Gasteiger partial charge in [0.2, 0.25) is 0 Å². The van der Waals surface area contributed by atoms with Crippen LogP contribution in [0.15, 0.2) is 48.5 Å². The maximum atomic E-state index is 13.9. The molecule has 2 aliphatic heterocycles. The molecule has 168 valence electrons. The quantitative estimate of drug-likeness (QED) is 0.457. The fourth-order valence-electron chi connectivity index (χ4n) is 4.43. The summed E-state index contributed by atoms with van der Waals surface area (Å²) in [6.07, 6.45) is 1.73. The predicted octanol–water partition coefficient (Wildman–Crippen LogP) is 4.14. The molecule has 0 spiro atoms. The van der Waals surface area contributed by atoms with E-state index in [2.05, 4.69) is 15.2 Å². The standard InChI is InChI=1S/C26H24FN3O3/c1-16-12-20(24(31)15-30-8-10-33-11-9-30)23(28-16)14-21-25-19(17-4-2-5-18(27)13-17)6-3-7-22(25)29-26(21)32/h2-7,12-14,28H,8-11,15H2,1H3,(H,29,32). The van der Waals surface area contributed by atoms with Crippen molar-refractivity contribution in [1.82, 2.24) is 9.88 Å². The Morgan fingerprint density at radius 2 is 1.94 bits per heavy atom. The number of aromatic amines is 1. The number of fused-ring (bicyclic) bond motifs is 1. The van der Waals surface area contributed by atoms with Gasteiger partial charge in [-0.05, 0) is 48.4 Å². The molecule has 1 fully saturated rings. The number of anilines is 1. The molecule has 6 nitrogen and oxygen atoms in total. The number of halogens is 1. The largest absolute Gasteiger partial charge is 0.379 e. The van der Waals surface area contributed by atoms with Crippen molar-refractivity contribution in [2.24, 2.45) is 0 Å². The number of ketones is 1. The normalized spacial score (nSPS) is 17.3. The van der Waals surface area contributed by atoms with Gasteiger partial charge in [-0.3, -0.25) is 14.5 Å². The zero-order valence-electron chi connectivity index (χ0n) is 18.3. The van der Waals surface area contributed by atoms with Crippen molar-refractivity contribution < 1.29 is 18.7 Å². The van der Waals surface area contributed by atoms with E-state index in [4.69, 9.17) is 4.74 Å². The molecule has 0 unspecified atom stereocenters. The topological polar surface area (TPSA) is 74.4 Å². The van der Waals surface area contributed by atoms with Gasteiger partial charge in [0.15, 0.2) is 5.78 Å². The number of nitrogens with one attached hydrogen (secondary N) is 2. The van der Waals surface area contributed by atoms with Crippen LogP contribution >= 0.6 is 0 Å². The third-order valence-electron chi connectivity index (χ3n) is 6.01. The van der Waals surface area contributed by atoms with Gasteiger partial charge in [-0.1, -0.05) is 24.3 Å². The molecule has 0 saturated carbocycles. The molecule has 1 aromatic heterocycles. The van der Waals surface area contributed by atoms with Gasteiger partial charge in [0, 0.05) is 35.6 Å². The minimum Gasteiger partial charge on any atom is -0.379 e. The molecule has 3 heterocycles. The van der Waals surface area contributed by atoms with Gasteiger partial charge in [-0.25, -0.2) is 4.39 Å². The van der Waals surface area contributed by atoms with Crippen molar-refractivity contribution in [3.05, 3.63) is 76.9 Å². The summed E-state index contributed by atoms with van der Waals surface area (Å²) in [5.74, 6) is -0.610. The van der Waals surface area contributed by atoms with Crippen LogP contribution in [-0.4, -0.2) is 54.4 Å². The lowest BCUT2D eigenvalue weighted by Gasteiger charge is -2.25. The number of Topliss-reactive ketones (excluding diaryl/α,β-unsaturated/α-hetero) is 1. The van der Waals surface area contributed by atoms with Crippen LogP contribution in [0.2, 0.25) is 0 Å². The average molecular weight is 445 g/mol. The van der Waals surface area contributed by atoms with Crippen molar-refractivity contribution >= 4 is 29.0 Å². The van der Waals surface area contributed by atoms with Crippen molar-refractivity contribution in [3.63, 3.8) is 0 Å². The predicted molar refractivity (Wildman–Crippen MR) is 125 cm³/mol. The first-order chi connectivity index (χ1) is 16.0. The Morgan fingerprint density at radius 1 is 1.15 bits per heavy atom. The van der Waals surface area contributed by atoms with Crippen molar-refractivity contribution in [2.75, 3.05) is 38.2 Å². The third-order valence-corrected chi connectivity index (χ3v) is 6.01. The Bertz CT molecular complexity index is 1270. The minimum atomic E-state index is -0.344. The lowest BCUT2D eigenvalue weighted by atomic mass is 9.94. The Hall–Kier alpha value is -3.55. The minimum absolute atomic E-state index is 0.00913. The van der Waals surface area contributed by atoms with E-state index in [1.54, 1.807) is 12.1 Å². The van der Waals surface area contributed by atoms with Crippen LogP contribution in [0.25, 0.3) is 22.8 Å². The van der Waals surface area contributed by atoms with Crippen LogP contribution in [-0.2, 0) is 9.53 Å². The second-order valence-corrected chi connectivity index (χ2v) is 8.34. The number of aromatic nitrogens is 1. The highest BCUT2D eigenvalue weighted by atomic mass is 19.1. The van der Waals surface area contributed by atoms with E-state index < -0.39 is 0 Å². The van der Waals surface area contributed by atoms with E-state index in [9.17, 15) is 14.0 Å². The second-order valence-electron chi connectivity index (χ2n) is 8.34. The number of rotatable bonds is 5. The number of carbonyl (C=O) groups is 2. The van der Waals surface area contributed by atoms with Crippen LogP contribution in [0, 0.1) is 12.7 Å².